The van der Waals surface area contributed by atoms with Gasteiger partial charge in [0.2, 0.25) is 0 Å². The predicted octanol–water partition coefficient (Wildman–Crippen LogP) is 0.471. The van der Waals surface area contributed by atoms with Gasteiger partial charge in [0.15, 0.2) is 0 Å². The molecule has 6 heteroatoms. The molecule has 0 saturated heterocycles. The lowest BCUT2D eigenvalue weighted by Crippen LogP contribution is -2.17. The lowest BCUT2D eigenvalue weighted by atomic mass is 10.1. The summed E-state index contributed by atoms with van der Waals surface area (Å²) in [4.78, 5) is 21.5. The van der Waals surface area contributed by atoms with Crippen LogP contribution in [-0.2, 0) is 14.3 Å². The zero-order chi connectivity index (χ0) is 14.1. The monoisotopic (exact) mass is 260 g/mol. The van der Waals surface area contributed by atoms with Crippen molar-refractivity contribution in [1.82, 2.24) is 0 Å². The summed E-state index contributed by atoms with van der Waals surface area (Å²) < 4.78 is 4.77. The van der Waals surface area contributed by atoms with Gasteiger partial charge in [0.25, 0.3) is 0 Å². The number of ether oxygens (including phenoxy) is 1. The topological polar surface area (TPSA) is 104 Å². The van der Waals surface area contributed by atoms with E-state index in [0.717, 1.165) is 6.08 Å². The largest absolute Gasteiger partial charge is 0.481 e. The minimum Gasteiger partial charge on any atom is -0.481 e. The summed E-state index contributed by atoms with van der Waals surface area (Å²) in [7, 11) is 0. The molecule has 6 nitrogen and oxygen atoms in total. The molecule has 0 aromatic heterocycles. The van der Waals surface area contributed by atoms with Crippen LogP contribution in [0.25, 0.3) is 0 Å². The molecule has 0 fully saturated rings. The second kappa shape index (κ2) is 8.66. The first-order chi connectivity index (χ1) is 8.31. The van der Waals surface area contributed by atoms with Crippen LogP contribution in [0.15, 0.2) is 12.2 Å². The van der Waals surface area contributed by atoms with Gasteiger partial charge < -0.3 is 20.1 Å². The number of aliphatic carboxylic acids is 1. The zero-order valence-corrected chi connectivity index (χ0v) is 10.6. The minimum absolute atomic E-state index is 0.260. The van der Waals surface area contributed by atoms with Crippen molar-refractivity contribution in [2.24, 2.45) is 0 Å². The van der Waals surface area contributed by atoms with Gasteiger partial charge in [-0.2, -0.15) is 0 Å². The van der Waals surface area contributed by atoms with Crippen LogP contribution in [0.1, 0.15) is 33.1 Å². The van der Waals surface area contributed by atoms with Crippen LogP contribution in [0, 0.1) is 0 Å². The number of hydrogen-bond acceptors (Lipinski definition) is 5. The number of esters is 1. The number of carboxylic acid groups (broad SMARTS) is 1. The highest BCUT2D eigenvalue weighted by atomic mass is 16.5. The van der Waals surface area contributed by atoms with Crippen molar-refractivity contribution in [1.29, 1.82) is 0 Å². The van der Waals surface area contributed by atoms with Crippen LogP contribution in [0.5, 0.6) is 0 Å². The van der Waals surface area contributed by atoms with Gasteiger partial charge in [-0.3, -0.25) is 4.79 Å². The van der Waals surface area contributed by atoms with E-state index in [1.54, 1.807) is 6.92 Å². The molecule has 0 aliphatic rings. The van der Waals surface area contributed by atoms with Crippen LogP contribution < -0.4 is 0 Å². The van der Waals surface area contributed by atoms with E-state index >= 15 is 0 Å². The summed E-state index contributed by atoms with van der Waals surface area (Å²) in [5.74, 6) is -1.74. The van der Waals surface area contributed by atoms with Crippen molar-refractivity contribution >= 4 is 11.9 Å². The minimum atomic E-state index is -1.05. The maximum absolute atomic E-state index is 11.2. The van der Waals surface area contributed by atoms with Gasteiger partial charge >= 0.3 is 11.9 Å². The predicted molar refractivity (Wildman–Crippen MR) is 63.9 cm³/mol. The van der Waals surface area contributed by atoms with Gasteiger partial charge in [-0.1, -0.05) is 0 Å². The third-order valence-electron chi connectivity index (χ3n) is 2.11. The summed E-state index contributed by atoms with van der Waals surface area (Å²) in [6, 6.07) is 0. The molecule has 0 heterocycles. The molecule has 1 unspecified atom stereocenters. The molecule has 0 saturated carbocycles. The fourth-order valence-electron chi connectivity index (χ4n) is 1.22. The van der Waals surface area contributed by atoms with Crippen molar-refractivity contribution in [2.45, 2.75) is 51.4 Å². The Bertz CT molecular complexity index is 297. The first kappa shape index (κ1) is 16.6. The number of carbonyl (C=O) groups excluding carboxylic acids is 1. The van der Waals surface area contributed by atoms with E-state index in [1.807, 2.05) is 0 Å². The second-order valence-corrected chi connectivity index (χ2v) is 4.20. The number of carbonyl (C=O) groups is 2. The molecule has 0 aromatic rings. The highest BCUT2D eigenvalue weighted by Crippen LogP contribution is 2.03. The molecule has 3 atom stereocenters. The van der Waals surface area contributed by atoms with Crippen molar-refractivity contribution in [3.63, 3.8) is 0 Å². The number of rotatable bonds is 8. The van der Waals surface area contributed by atoms with Crippen molar-refractivity contribution in [3.8, 4) is 0 Å². The number of aliphatic hydroxyl groups is 2. The summed E-state index contributed by atoms with van der Waals surface area (Å²) in [5.41, 5.74) is 0. The van der Waals surface area contributed by atoms with Gasteiger partial charge in [0, 0.05) is 6.08 Å². The molecule has 104 valence electrons. The van der Waals surface area contributed by atoms with Gasteiger partial charge in [0.05, 0.1) is 18.6 Å². The highest BCUT2D eigenvalue weighted by Gasteiger charge is 2.11. The maximum atomic E-state index is 11.2. The van der Waals surface area contributed by atoms with E-state index in [4.69, 9.17) is 14.9 Å². The Labute approximate surface area is 106 Å². The molecule has 0 aliphatic carbocycles. The van der Waals surface area contributed by atoms with E-state index in [0.29, 0.717) is 12.8 Å². The van der Waals surface area contributed by atoms with Gasteiger partial charge in [-0.05, 0) is 32.8 Å². The first-order valence-corrected chi connectivity index (χ1v) is 5.78. The Morgan fingerprint density at radius 3 is 2.33 bits per heavy atom. The zero-order valence-electron chi connectivity index (χ0n) is 10.6. The van der Waals surface area contributed by atoms with E-state index in [-0.39, 0.29) is 6.42 Å². The Hall–Kier alpha value is -1.40. The summed E-state index contributed by atoms with van der Waals surface area (Å²) in [5, 5.41) is 26.9. The fraction of sp³-hybridized carbons (Fsp3) is 0.667. The molecule has 0 aliphatic heterocycles. The van der Waals surface area contributed by atoms with Crippen LogP contribution in [0.2, 0.25) is 0 Å². The maximum Gasteiger partial charge on any atom is 0.330 e. The van der Waals surface area contributed by atoms with Gasteiger partial charge in [-0.25, -0.2) is 4.79 Å². The number of carboxylic acids is 1. The third-order valence-corrected chi connectivity index (χ3v) is 2.11. The van der Waals surface area contributed by atoms with E-state index < -0.39 is 30.3 Å². The van der Waals surface area contributed by atoms with E-state index in [2.05, 4.69) is 0 Å². The van der Waals surface area contributed by atoms with E-state index in [9.17, 15) is 14.7 Å². The smallest absolute Gasteiger partial charge is 0.330 e. The molecule has 0 amide bonds. The first-order valence-electron chi connectivity index (χ1n) is 5.78. The lowest BCUT2D eigenvalue weighted by molar-refractivity contribution is -0.147. The summed E-state index contributed by atoms with van der Waals surface area (Å²) >= 11 is 0. The molecule has 0 spiro atoms. The third kappa shape index (κ3) is 9.80. The number of hydrogen-bond donors (Lipinski definition) is 3. The molecule has 18 heavy (non-hydrogen) atoms. The average molecular weight is 260 g/mol. The van der Waals surface area contributed by atoms with E-state index in [1.165, 1.54) is 13.0 Å². The Balaban J connectivity index is 3.95. The summed E-state index contributed by atoms with van der Waals surface area (Å²) in [6.07, 6.45) is 0.780. The number of aliphatic hydroxyl groups excluding tert-OH is 2. The van der Waals surface area contributed by atoms with Crippen LogP contribution in [0.4, 0.5) is 0 Å². The van der Waals surface area contributed by atoms with Gasteiger partial charge in [0.1, 0.15) is 6.10 Å². The van der Waals surface area contributed by atoms with Gasteiger partial charge in [-0.15, -0.1) is 0 Å². The fourth-order valence-corrected chi connectivity index (χ4v) is 1.22. The normalized spacial score (nSPS) is 16.2. The molecule has 0 radical (unpaired) electrons. The molecule has 3 N–H and O–H groups in total. The summed E-state index contributed by atoms with van der Waals surface area (Å²) in [6.45, 7) is 3.09. The average Bonchev–Trinajstić information content (AvgIpc) is 2.22. The second-order valence-electron chi connectivity index (χ2n) is 4.20. The highest BCUT2D eigenvalue weighted by molar-refractivity contribution is 5.82. The Kier molecular flexibility index (Phi) is 7.98. The standard InChI is InChI=1S/C12H20O6/c1-8(13)3-4-10(14)5-6-12(17)18-9(2)7-11(15)16/h5-6,8-10,13-14H,3-4,7H2,1-2H3,(H,15,16)/b6-5+/t8-,9?,10+/m1/s1. The van der Waals surface area contributed by atoms with Crippen LogP contribution >= 0.6 is 0 Å². The van der Waals surface area contributed by atoms with Crippen molar-refractivity contribution in [3.05, 3.63) is 12.2 Å². The Morgan fingerprint density at radius 2 is 1.83 bits per heavy atom. The van der Waals surface area contributed by atoms with Crippen LogP contribution in [-0.4, -0.2) is 45.6 Å². The van der Waals surface area contributed by atoms with Crippen molar-refractivity contribution in [2.75, 3.05) is 0 Å². The molecular formula is C12H20O6. The van der Waals surface area contributed by atoms with Crippen molar-refractivity contribution < 1.29 is 29.6 Å². The lowest BCUT2D eigenvalue weighted by Gasteiger charge is -2.09. The SMILES string of the molecule is CC(CC(=O)O)OC(=O)/C=C/[C@@H](O)CC[C@@H](C)O. The Morgan fingerprint density at radius 1 is 1.22 bits per heavy atom. The molecule has 0 bridgehead atoms. The van der Waals surface area contributed by atoms with Crippen LogP contribution in [0.3, 0.4) is 0 Å². The molecular weight excluding hydrogens is 240 g/mol. The molecule has 0 aromatic carbocycles. The molecule has 0 rings (SSSR count). The quantitative estimate of drug-likeness (QED) is 0.433.